The van der Waals surface area contributed by atoms with Crippen molar-refractivity contribution in [2.45, 2.75) is 13.0 Å². The predicted octanol–water partition coefficient (Wildman–Crippen LogP) is 1.31. The maximum absolute atomic E-state index is 4.55. The first-order valence-corrected chi connectivity index (χ1v) is 9.96. The number of hydrogen-bond acceptors (Lipinski definition) is 4. The molecule has 1 N–H and O–H groups in total. The zero-order valence-electron chi connectivity index (χ0n) is 16.6. The van der Waals surface area contributed by atoms with Crippen LogP contribution < -0.4 is 10.2 Å². The lowest BCUT2D eigenvalue weighted by atomic mass is 10.1. The molecule has 5 rings (SSSR count). The van der Waals surface area contributed by atoms with Gasteiger partial charge in [0.25, 0.3) is 0 Å². The number of anilines is 1. The van der Waals surface area contributed by atoms with Crippen LogP contribution in [0.5, 0.6) is 0 Å². The molecule has 4 fully saturated rings. The number of hydrogen-bond donors (Lipinski definition) is 1. The molecule has 150 valence electrons. The summed E-state index contributed by atoms with van der Waals surface area (Å²) >= 11 is 0. The standard InChI is InChI=1S/C20H32N6.HI/c1-17-4-3-5-18(14-17)24-10-12-26(13-11-24)20(21-2)22-15-19-16-23-6-8-25(19)9-7-23;/h3-5,14,19H,6-13,15-16H2,1-2H3,(H,21,22);1H. The number of halogens is 1. The van der Waals surface area contributed by atoms with Gasteiger partial charge in [0.05, 0.1) is 0 Å². The number of nitrogens with one attached hydrogen (secondary N) is 1. The Hall–Kier alpha value is -1.06. The quantitative estimate of drug-likeness (QED) is 0.398. The predicted molar refractivity (Wildman–Crippen MR) is 124 cm³/mol. The number of guanidine groups is 1. The SMILES string of the molecule is CN=C(NCC1CN2CCN1CC2)N1CCN(c2cccc(C)c2)CC1.I. The van der Waals surface area contributed by atoms with E-state index in [1.54, 1.807) is 0 Å². The Bertz CT molecular complexity index is 635. The fourth-order valence-electron chi connectivity index (χ4n) is 4.46. The maximum Gasteiger partial charge on any atom is 0.193 e. The molecule has 27 heavy (non-hydrogen) atoms. The zero-order valence-corrected chi connectivity index (χ0v) is 18.9. The molecule has 4 aliphatic rings. The van der Waals surface area contributed by atoms with Crippen molar-refractivity contribution in [3.8, 4) is 0 Å². The number of fused-ring (bicyclic) bond motifs is 3. The molecule has 6 nitrogen and oxygen atoms in total. The number of nitrogens with zero attached hydrogens (tertiary/aromatic N) is 5. The third-order valence-corrected chi connectivity index (χ3v) is 6.05. The first kappa shape index (κ1) is 20.7. The summed E-state index contributed by atoms with van der Waals surface area (Å²) in [6.45, 7) is 13.4. The van der Waals surface area contributed by atoms with Crippen molar-refractivity contribution in [1.82, 2.24) is 20.0 Å². The van der Waals surface area contributed by atoms with E-state index in [9.17, 15) is 0 Å². The van der Waals surface area contributed by atoms with Gasteiger partial charge in [0, 0.05) is 84.2 Å². The van der Waals surface area contributed by atoms with Gasteiger partial charge in [-0.1, -0.05) is 12.1 Å². The summed E-state index contributed by atoms with van der Waals surface area (Å²) in [6, 6.07) is 9.45. The summed E-state index contributed by atoms with van der Waals surface area (Å²) in [5.74, 6) is 1.06. The summed E-state index contributed by atoms with van der Waals surface area (Å²) in [7, 11) is 1.91. The third kappa shape index (κ3) is 4.86. The molecule has 0 aromatic heterocycles. The van der Waals surface area contributed by atoms with Gasteiger partial charge in [-0.05, 0) is 24.6 Å². The summed E-state index contributed by atoms with van der Waals surface area (Å²) in [5, 5.41) is 3.65. The van der Waals surface area contributed by atoms with Gasteiger partial charge in [0.1, 0.15) is 0 Å². The molecule has 0 spiro atoms. The highest BCUT2D eigenvalue weighted by Crippen LogP contribution is 2.18. The van der Waals surface area contributed by atoms with Crippen LogP contribution in [0.1, 0.15) is 5.56 Å². The Morgan fingerprint density at radius 2 is 1.81 bits per heavy atom. The minimum absolute atomic E-state index is 0. The fourth-order valence-corrected chi connectivity index (χ4v) is 4.46. The Kier molecular flexibility index (Phi) is 7.22. The second-order valence-electron chi connectivity index (χ2n) is 7.73. The van der Waals surface area contributed by atoms with E-state index in [1.165, 1.54) is 44.0 Å². The van der Waals surface area contributed by atoms with Gasteiger partial charge in [-0.25, -0.2) is 0 Å². The van der Waals surface area contributed by atoms with Crippen molar-refractivity contribution >= 4 is 35.6 Å². The van der Waals surface area contributed by atoms with Crippen LogP contribution in [0.4, 0.5) is 5.69 Å². The Labute approximate surface area is 180 Å². The molecule has 4 heterocycles. The monoisotopic (exact) mass is 484 g/mol. The molecule has 0 saturated carbocycles. The number of aliphatic imine (C=N–C) groups is 1. The summed E-state index contributed by atoms with van der Waals surface area (Å²) in [5.41, 5.74) is 2.67. The highest BCUT2D eigenvalue weighted by Gasteiger charge is 2.32. The highest BCUT2D eigenvalue weighted by molar-refractivity contribution is 14.0. The summed E-state index contributed by atoms with van der Waals surface area (Å²) < 4.78 is 0. The zero-order chi connectivity index (χ0) is 17.9. The van der Waals surface area contributed by atoms with E-state index in [4.69, 9.17) is 0 Å². The molecule has 7 heteroatoms. The molecule has 0 aliphatic carbocycles. The normalized spacial score (nSPS) is 28.1. The molecular formula is C20H33IN6. The molecule has 0 amide bonds. The maximum atomic E-state index is 4.55. The topological polar surface area (TPSA) is 37.4 Å². The van der Waals surface area contributed by atoms with Gasteiger partial charge in [0.2, 0.25) is 0 Å². The molecular weight excluding hydrogens is 451 g/mol. The average Bonchev–Trinajstić information content (AvgIpc) is 2.70. The lowest BCUT2D eigenvalue weighted by Crippen LogP contribution is -2.64. The van der Waals surface area contributed by atoms with Crippen molar-refractivity contribution in [2.24, 2.45) is 4.99 Å². The number of rotatable bonds is 3. The molecule has 4 saturated heterocycles. The Morgan fingerprint density at radius 1 is 1.07 bits per heavy atom. The molecule has 1 atom stereocenters. The smallest absolute Gasteiger partial charge is 0.193 e. The fraction of sp³-hybridized carbons (Fsp3) is 0.650. The largest absolute Gasteiger partial charge is 0.368 e. The Morgan fingerprint density at radius 3 is 2.41 bits per heavy atom. The van der Waals surface area contributed by atoms with Gasteiger partial charge in [-0.15, -0.1) is 24.0 Å². The summed E-state index contributed by atoms with van der Waals surface area (Å²) in [4.78, 5) is 14.7. The van der Waals surface area contributed by atoms with E-state index in [0.717, 1.165) is 38.7 Å². The number of benzene rings is 1. The first-order valence-electron chi connectivity index (χ1n) is 9.96. The van der Waals surface area contributed by atoms with E-state index in [-0.39, 0.29) is 24.0 Å². The van der Waals surface area contributed by atoms with Crippen LogP contribution in [-0.4, -0.2) is 99.2 Å². The van der Waals surface area contributed by atoms with Crippen LogP contribution >= 0.6 is 24.0 Å². The second-order valence-corrected chi connectivity index (χ2v) is 7.73. The first-order chi connectivity index (χ1) is 12.7. The van der Waals surface area contributed by atoms with E-state index < -0.39 is 0 Å². The van der Waals surface area contributed by atoms with Crippen molar-refractivity contribution in [1.29, 1.82) is 0 Å². The van der Waals surface area contributed by atoms with Crippen LogP contribution in [-0.2, 0) is 0 Å². The van der Waals surface area contributed by atoms with Crippen LogP contribution in [0, 0.1) is 6.92 Å². The van der Waals surface area contributed by atoms with Gasteiger partial charge < -0.3 is 15.1 Å². The molecule has 1 aromatic rings. The lowest BCUT2D eigenvalue weighted by Gasteiger charge is -2.48. The van der Waals surface area contributed by atoms with E-state index in [0.29, 0.717) is 6.04 Å². The average molecular weight is 484 g/mol. The molecule has 1 aromatic carbocycles. The Balaban J connectivity index is 0.00000210. The lowest BCUT2D eigenvalue weighted by molar-refractivity contribution is 0.0152. The van der Waals surface area contributed by atoms with E-state index >= 15 is 0 Å². The second kappa shape index (κ2) is 9.43. The van der Waals surface area contributed by atoms with Crippen LogP contribution in [0.25, 0.3) is 0 Å². The van der Waals surface area contributed by atoms with Crippen LogP contribution in [0.15, 0.2) is 29.3 Å². The minimum atomic E-state index is 0. The molecule has 0 radical (unpaired) electrons. The minimum Gasteiger partial charge on any atom is -0.368 e. The van der Waals surface area contributed by atoms with Gasteiger partial charge in [-0.2, -0.15) is 0 Å². The molecule has 4 aliphatic heterocycles. The van der Waals surface area contributed by atoms with E-state index in [2.05, 4.69) is 61.1 Å². The van der Waals surface area contributed by atoms with Crippen molar-refractivity contribution < 1.29 is 0 Å². The highest BCUT2D eigenvalue weighted by atomic mass is 127. The molecule has 1 unspecified atom stereocenters. The third-order valence-electron chi connectivity index (χ3n) is 6.05. The van der Waals surface area contributed by atoms with Crippen molar-refractivity contribution in [3.63, 3.8) is 0 Å². The van der Waals surface area contributed by atoms with Gasteiger partial charge >= 0.3 is 0 Å². The van der Waals surface area contributed by atoms with Crippen molar-refractivity contribution in [3.05, 3.63) is 29.8 Å². The number of aryl methyl sites for hydroxylation is 1. The van der Waals surface area contributed by atoms with Crippen LogP contribution in [0.2, 0.25) is 0 Å². The van der Waals surface area contributed by atoms with Crippen LogP contribution in [0.3, 0.4) is 0 Å². The van der Waals surface area contributed by atoms with E-state index in [1.807, 2.05) is 7.05 Å². The number of piperazine rings is 4. The van der Waals surface area contributed by atoms with Gasteiger partial charge in [-0.3, -0.25) is 14.8 Å². The summed E-state index contributed by atoms with van der Waals surface area (Å²) in [6.07, 6.45) is 0. The molecule has 2 bridgehead atoms. The van der Waals surface area contributed by atoms with Gasteiger partial charge in [0.15, 0.2) is 5.96 Å². The van der Waals surface area contributed by atoms with Crippen molar-refractivity contribution in [2.75, 3.05) is 77.4 Å².